The fourth-order valence-corrected chi connectivity index (χ4v) is 6.01. The molecule has 0 bridgehead atoms. The van der Waals surface area contributed by atoms with Gasteiger partial charge < -0.3 is 9.09 Å². The number of imidazole rings is 1. The zero-order valence-electron chi connectivity index (χ0n) is 18.0. The van der Waals surface area contributed by atoms with Crippen molar-refractivity contribution in [2.24, 2.45) is 5.92 Å². The third-order valence-corrected chi connectivity index (χ3v) is 8.15. The van der Waals surface area contributed by atoms with Crippen LogP contribution in [0, 0.1) is 32.5 Å². The van der Waals surface area contributed by atoms with Crippen LogP contribution in [-0.2, 0) is 23.0 Å². The second kappa shape index (κ2) is 8.55. The maximum absolute atomic E-state index is 13.2. The number of aryl methyl sites for hydroxylation is 3. The van der Waals surface area contributed by atoms with Crippen molar-refractivity contribution in [1.29, 1.82) is 0 Å². The van der Waals surface area contributed by atoms with E-state index in [2.05, 4.69) is 14.7 Å². The predicted octanol–water partition coefficient (Wildman–Crippen LogP) is 3.63. The van der Waals surface area contributed by atoms with Gasteiger partial charge in [0.2, 0.25) is 10.0 Å². The van der Waals surface area contributed by atoms with E-state index in [9.17, 15) is 12.8 Å². The molecule has 1 saturated heterocycles. The quantitative estimate of drug-likeness (QED) is 0.578. The van der Waals surface area contributed by atoms with Crippen LogP contribution in [0.5, 0.6) is 0 Å². The molecule has 0 atom stereocenters. The number of aromatic nitrogens is 3. The standard InChI is InChI=1S/C22H27FN4O3S/c1-15-13-24-21(27(15)14-19-4-6-20(23)7-5-19)12-18-8-10-26(11-9-18)31(28,29)22-16(2)25-30-17(22)3/h4-7,13,18H,8-12,14H2,1-3H3. The van der Waals surface area contributed by atoms with E-state index in [-0.39, 0.29) is 10.7 Å². The third kappa shape index (κ3) is 4.43. The molecule has 4 rings (SSSR count). The van der Waals surface area contributed by atoms with Gasteiger partial charge in [-0.15, -0.1) is 0 Å². The van der Waals surface area contributed by atoms with E-state index in [4.69, 9.17) is 4.52 Å². The third-order valence-electron chi connectivity index (χ3n) is 6.00. The molecule has 31 heavy (non-hydrogen) atoms. The Morgan fingerprint density at radius 3 is 2.42 bits per heavy atom. The molecule has 3 aromatic rings. The Morgan fingerprint density at radius 2 is 1.81 bits per heavy atom. The van der Waals surface area contributed by atoms with Gasteiger partial charge in [-0.25, -0.2) is 17.8 Å². The second-order valence-corrected chi connectivity index (χ2v) is 10.1. The fraction of sp³-hybridized carbons (Fsp3) is 0.455. The van der Waals surface area contributed by atoms with Crippen LogP contribution in [0.15, 0.2) is 39.9 Å². The van der Waals surface area contributed by atoms with Gasteiger partial charge in [0.05, 0.1) is 0 Å². The molecule has 0 N–H and O–H groups in total. The topological polar surface area (TPSA) is 81.2 Å². The average molecular weight is 447 g/mol. The number of piperidine rings is 1. The summed E-state index contributed by atoms with van der Waals surface area (Å²) in [5, 5.41) is 3.79. The normalized spacial score (nSPS) is 16.1. The van der Waals surface area contributed by atoms with Crippen molar-refractivity contribution < 1.29 is 17.3 Å². The van der Waals surface area contributed by atoms with Crippen LogP contribution in [0.1, 0.15) is 41.4 Å². The summed E-state index contributed by atoms with van der Waals surface area (Å²) in [5.41, 5.74) is 2.47. The van der Waals surface area contributed by atoms with E-state index >= 15 is 0 Å². The number of hydrogen-bond acceptors (Lipinski definition) is 5. The smallest absolute Gasteiger partial charge is 0.248 e. The highest BCUT2D eigenvalue weighted by Gasteiger charge is 2.34. The molecular weight excluding hydrogens is 419 g/mol. The monoisotopic (exact) mass is 446 g/mol. The molecule has 0 saturated carbocycles. The molecule has 1 aliphatic heterocycles. The molecular formula is C22H27FN4O3S. The van der Waals surface area contributed by atoms with Gasteiger partial charge in [-0.05, 0) is 57.2 Å². The van der Waals surface area contributed by atoms with Crippen molar-refractivity contribution in [3.63, 3.8) is 0 Å². The van der Waals surface area contributed by atoms with E-state index in [1.165, 1.54) is 16.4 Å². The lowest BCUT2D eigenvalue weighted by Gasteiger charge is -2.31. The van der Waals surface area contributed by atoms with E-state index < -0.39 is 10.0 Å². The lowest BCUT2D eigenvalue weighted by atomic mass is 9.94. The summed E-state index contributed by atoms with van der Waals surface area (Å²) >= 11 is 0. The molecule has 2 aromatic heterocycles. The first-order valence-electron chi connectivity index (χ1n) is 10.4. The van der Waals surface area contributed by atoms with Gasteiger partial charge in [0.1, 0.15) is 22.2 Å². The van der Waals surface area contributed by atoms with Gasteiger partial charge in [0.25, 0.3) is 0 Å². The zero-order valence-corrected chi connectivity index (χ0v) is 18.8. The number of nitrogens with zero attached hydrogens (tertiary/aromatic N) is 4. The highest BCUT2D eigenvalue weighted by molar-refractivity contribution is 7.89. The van der Waals surface area contributed by atoms with Crippen molar-refractivity contribution in [3.8, 4) is 0 Å². The Morgan fingerprint density at radius 1 is 1.13 bits per heavy atom. The predicted molar refractivity (Wildman–Crippen MR) is 114 cm³/mol. The molecule has 0 unspecified atom stereocenters. The average Bonchev–Trinajstić information content (AvgIpc) is 3.26. The molecule has 9 heteroatoms. The van der Waals surface area contributed by atoms with Crippen LogP contribution in [0.25, 0.3) is 0 Å². The van der Waals surface area contributed by atoms with Crippen molar-refractivity contribution >= 4 is 10.0 Å². The van der Waals surface area contributed by atoms with Gasteiger partial charge >= 0.3 is 0 Å². The molecule has 1 aliphatic rings. The molecule has 166 valence electrons. The number of benzene rings is 1. The zero-order chi connectivity index (χ0) is 22.2. The molecule has 0 radical (unpaired) electrons. The van der Waals surface area contributed by atoms with Crippen LogP contribution in [0.4, 0.5) is 4.39 Å². The van der Waals surface area contributed by atoms with Crippen LogP contribution in [0.2, 0.25) is 0 Å². The Bertz CT molecular complexity index is 1140. The molecule has 1 aromatic carbocycles. The SMILES string of the molecule is Cc1noc(C)c1S(=O)(=O)N1CCC(Cc2ncc(C)n2Cc2ccc(F)cc2)CC1. The summed E-state index contributed by atoms with van der Waals surface area (Å²) in [5.74, 6) is 1.42. The summed E-state index contributed by atoms with van der Waals surface area (Å²) in [6.45, 7) is 6.87. The summed E-state index contributed by atoms with van der Waals surface area (Å²) in [6, 6.07) is 6.51. The first-order chi connectivity index (χ1) is 14.8. The van der Waals surface area contributed by atoms with Crippen molar-refractivity contribution in [2.75, 3.05) is 13.1 Å². The highest BCUT2D eigenvalue weighted by Crippen LogP contribution is 2.29. The lowest BCUT2D eigenvalue weighted by Crippen LogP contribution is -2.39. The number of sulfonamides is 1. The largest absolute Gasteiger partial charge is 0.360 e. The summed E-state index contributed by atoms with van der Waals surface area (Å²) < 4.78 is 48.0. The Balaban J connectivity index is 1.42. The van der Waals surface area contributed by atoms with Crippen LogP contribution < -0.4 is 0 Å². The van der Waals surface area contributed by atoms with E-state index in [1.54, 1.807) is 26.0 Å². The van der Waals surface area contributed by atoms with Crippen molar-refractivity contribution in [2.45, 2.75) is 51.5 Å². The Hall–Kier alpha value is -2.52. The van der Waals surface area contributed by atoms with Crippen LogP contribution in [-0.4, -0.2) is 40.5 Å². The van der Waals surface area contributed by atoms with Crippen molar-refractivity contribution in [1.82, 2.24) is 19.0 Å². The minimum atomic E-state index is -3.60. The number of halogens is 1. The summed E-state index contributed by atoms with van der Waals surface area (Å²) in [6.07, 6.45) is 4.18. The maximum Gasteiger partial charge on any atom is 0.248 e. The first-order valence-corrected chi connectivity index (χ1v) is 11.9. The van der Waals surface area contributed by atoms with E-state index in [1.807, 2.05) is 13.1 Å². The second-order valence-electron chi connectivity index (χ2n) is 8.23. The molecule has 0 amide bonds. The lowest BCUT2D eigenvalue weighted by molar-refractivity contribution is 0.268. The molecule has 1 fully saturated rings. The van der Waals surface area contributed by atoms with Crippen LogP contribution in [0.3, 0.4) is 0 Å². The fourth-order valence-electron chi connectivity index (χ4n) is 4.25. The molecule has 0 spiro atoms. The van der Waals surface area contributed by atoms with Gasteiger partial charge in [-0.1, -0.05) is 17.3 Å². The van der Waals surface area contributed by atoms with E-state index in [0.717, 1.165) is 36.3 Å². The van der Waals surface area contributed by atoms with Gasteiger partial charge in [-0.3, -0.25) is 0 Å². The molecule has 3 heterocycles. The Kier molecular flexibility index (Phi) is 5.98. The number of rotatable bonds is 6. The summed E-state index contributed by atoms with van der Waals surface area (Å²) in [4.78, 5) is 4.78. The van der Waals surface area contributed by atoms with Crippen molar-refractivity contribution in [3.05, 3.63) is 64.8 Å². The Labute approximate surface area is 181 Å². The highest BCUT2D eigenvalue weighted by atomic mass is 32.2. The maximum atomic E-state index is 13.2. The van der Waals surface area contributed by atoms with Gasteiger partial charge in [0.15, 0.2) is 5.76 Å². The minimum Gasteiger partial charge on any atom is -0.360 e. The van der Waals surface area contributed by atoms with Gasteiger partial charge in [-0.2, -0.15) is 4.31 Å². The molecule has 0 aliphatic carbocycles. The number of hydrogen-bond donors (Lipinski definition) is 0. The first kappa shape index (κ1) is 21.7. The van der Waals surface area contributed by atoms with Crippen LogP contribution >= 0.6 is 0 Å². The summed E-state index contributed by atoms with van der Waals surface area (Å²) in [7, 11) is -3.60. The molecule has 7 nitrogen and oxygen atoms in total. The van der Waals surface area contributed by atoms with Gasteiger partial charge in [0, 0.05) is 37.9 Å². The minimum absolute atomic E-state index is 0.191. The van der Waals surface area contributed by atoms with E-state index in [0.29, 0.717) is 37.0 Å².